The molecule has 3 rings (SSSR count). The molecule has 0 N–H and O–H groups in total. The molecule has 0 fully saturated rings. The first kappa shape index (κ1) is 15.8. The van der Waals surface area contributed by atoms with E-state index >= 15 is 0 Å². The number of hydrogen-bond donors (Lipinski definition) is 0. The molecular weight excluding hydrogens is 373 g/mol. The predicted molar refractivity (Wildman–Crippen MR) is 81.4 cm³/mol. The Balaban J connectivity index is 0.000000452. The fraction of sp³-hybridized carbons (Fsp3) is 0.0625. The van der Waals surface area contributed by atoms with Crippen molar-refractivity contribution in [1.82, 2.24) is 0 Å². The molecule has 0 saturated heterocycles. The molecule has 0 aliphatic heterocycles. The van der Waals surface area contributed by atoms with Crippen molar-refractivity contribution in [2.24, 2.45) is 0 Å². The molecule has 3 aromatic carbocycles. The number of rotatable bonds is 1. The van der Waals surface area contributed by atoms with Gasteiger partial charge in [-0.05, 0) is 17.7 Å². The van der Waals surface area contributed by atoms with Crippen molar-refractivity contribution in [2.75, 3.05) is 0 Å². The standard InChI is InChI=1S/C16H12F.2ClH.Zr/c1-11-9-13-3-2-4-15(16(13)10-11)12-5-7-14(17)8-6-12;;;/h2-10H,1H3;2*1H;/q-1;;;+2/p-2. The number of aryl methyl sites for hydroxylation is 1. The number of benzene rings is 2. The average molecular weight is 385 g/mol. The molecule has 0 radical (unpaired) electrons. The van der Waals surface area contributed by atoms with Crippen LogP contribution in [-0.4, -0.2) is 0 Å². The van der Waals surface area contributed by atoms with Gasteiger partial charge in [0.2, 0.25) is 0 Å². The normalized spacial score (nSPS) is 10.0. The van der Waals surface area contributed by atoms with Crippen LogP contribution in [0.15, 0.2) is 54.6 Å². The Morgan fingerprint density at radius 3 is 2.35 bits per heavy atom. The summed E-state index contributed by atoms with van der Waals surface area (Å²) in [5.74, 6) is -0.195. The van der Waals surface area contributed by atoms with Crippen molar-refractivity contribution in [3.05, 3.63) is 66.0 Å². The van der Waals surface area contributed by atoms with Gasteiger partial charge in [-0.2, -0.15) is 6.07 Å². The SMILES string of the molecule is Cc1cc2c(-c3ccc(F)cc3)cccc2[cH-]1.[Cl][Zr][Cl]. The molecule has 0 heterocycles. The van der Waals surface area contributed by atoms with Crippen molar-refractivity contribution in [1.29, 1.82) is 0 Å². The first-order valence-electron chi connectivity index (χ1n) is 6.04. The van der Waals surface area contributed by atoms with Crippen LogP contribution in [0.1, 0.15) is 5.56 Å². The van der Waals surface area contributed by atoms with Gasteiger partial charge in [-0.25, -0.2) is 4.39 Å². The molecule has 4 heteroatoms. The van der Waals surface area contributed by atoms with Crippen LogP contribution in [0.3, 0.4) is 0 Å². The molecule has 0 amide bonds. The van der Waals surface area contributed by atoms with Crippen molar-refractivity contribution < 1.29 is 25.2 Å². The molecule has 0 atom stereocenters. The second-order valence-corrected chi connectivity index (χ2v) is 8.15. The third-order valence-corrected chi connectivity index (χ3v) is 3.05. The van der Waals surface area contributed by atoms with E-state index in [1.165, 1.54) is 28.5 Å². The zero-order valence-corrected chi connectivity index (χ0v) is 14.8. The van der Waals surface area contributed by atoms with Crippen LogP contribution < -0.4 is 0 Å². The van der Waals surface area contributed by atoms with Crippen molar-refractivity contribution in [3.63, 3.8) is 0 Å². The number of fused-ring (bicyclic) bond motifs is 1. The molecule has 20 heavy (non-hydrogen) atoms. The van der Waals surface area contributed by atoms with Crippen LogP contribution >= 0.6 is 17.0 Å². The van der Waals surface area contributed by atoms with E-state index in [0.29, 0.717) is 0 Å². The predicted octanol–water partition coefficient (Wildman–Crippen LogP) is 6.05. The molecule has 0 aliphatic carbocycles. The summed E-state index contributed by atoms with van der Waals surface area (Å²) in [6, 6.07) is 17.2. The summed E-state index contributed by atoms with van der Waals surface area (Å²) < 4.78 is 12.9. The fourth-order valence-corrected chi connectivity index (χ4v) is 2.27. The van der Waals surface area contributed by atoms with E-state index in [1.54, 1.807) is 0 Å². The first-order chi connectivity index (χ1) is 9.65. The van der Waals surface area contributed by atoms with Crippen LogP contribution in [0.4, 0.5) is 4.39 Å². The Bertz CT molecular complexity index is 689. The first-order valence-corrected chi connectivity index (χ1v) is 12.4. The second-order valence-electron chi connectivity index (χ2n) is 4.42. The summed E-state index contributed by atoms with van der Waals surface area (Å²) in [5.41, 5.74) is 3.48. The van der Waals surface area contributed by atoms with E-state index in [-0.39, 0.29) is 5.82 Å². The van der Waals surface area contributed by atoms with Crippen molar-refractivity contribution >= 4 is 27.8 Å². The van der Waals surface area contributed by atoms with E-state index in [2.05, 4.69) is 31.2 Å². The summed E-state index contributed by atoms with van der Waals surface area (Å²) in [5, 5.41) is 2.47. The van der Waals surface area contributed by atoms with Crippen molar-refractivity contribution in [2.45, 2.75) is 6.92 Å². The quantitative estimate of drug-likeness (QED) is 0.448. The minimum atomic E-state index is -0.826. The average Bonchev–Trinajstić information content (AvgIpc) is 2.80. The van der Waals surface area contributed by atoms with Crippen LogP contribution in [-0.2, 0) is 20.8 Å². The molecule has 0 aromatic heterocycles. The Hall–Kier alpha value is -0.557. The van der Waals surface area contributed by atoms with Gasteiger partial charge in [0, 0.05) is 0 Å². The summed E-state index contributed by atoms with van der Waals surface area (Å²) in [6.07, 6.45) is 0. The zero-order valence-electron chi connectivity index (χ0n) is 10.8. The topological polar surface area (TPSA) is 0 Å². The molecule has 0 bridgehead atoms. The van der Waals surface area contributed by atoms with Gasteiger partial charge in [0.25, 0.3) is 0 Å². The Kier molecular flexibility index (Phi) is 5.90. The Morgan fingerprint density at radius 2 is 1.70 bits per heavy atom. The Labute approximate surface area is 136 Å². The number of hydrogen-bond acceptors (Lipinski definition) is 0. The minimum absolute atomic E-state index is 0.195. The molecule has 0 unspecified atom stereocenters. The zero-order chi connectivity index (χ0) is 14.5. The monoisotopic (exact) mass is 383 g/mol. The molecule has 0 spiro atoms. The maximum absolute atomic E-state index is 12.9. The summed E-state index contributed by atoms with van der Waals surface area (Å²) in [4.78, 5) is 0. The number of halogens is 3. The Morgan fingerprint density at radius 1 is 1.05 bits per heavy atom. The van der Waals surface area contributed by atoms with Crippen LogP contribution in [0.25, 0.3) is 21.9 Å². The summed E-state index contributed by atoms with van der Waals surface area (Å²) in [7, 11) is 9.87. The maximum atomic E-state index is 12.9. The van der Waals surface area contributed by atoms with E-state index in [9.17, 15) is 4.39 Å². The molecular formula is C16H12Cl2FZr-. The summed E-state index contributed by atoms with van der Waals surface area (Å²) in [6.45, 7) is 2.09. The van der Waals surface area contributed by atoms with E-state index < -0.39 is 20.8 Å². The van der Waals surface area contributed by atoms with E-state index in [4.69, 9.17) is 17.0 Å². The van der Waals surface area contributed by atoms with Crippen LogP contribution in [0.2, 0.25) is 0 Å². The van der Waals surface area contributed by atoms with Crippen LogP contribution in [0.5, 0.6) is 0 Å². The van der Waals surface area contributed by atoms with Gasteiger partial charge < -0.3 is 0 Å². The summed E-state index contributed by atoms with van der Waals surface area (Å²) >= 11 is -0.826. The van der Waals surface area contributed by atoms with E-state index in [1.807, 2.05) is 18.2 Å². The van der Waals surface area contributed by atoms with Gasteiger partial charge in [0.05, 0.1) is 0 Å². The van der Waals surface area contributed by atoms with Gasteiger partial charge in [-0.15, -0.1) is 34.5 Å². The third-order valence-electron chi connectivity index (χ3n) is 3.05. The molecule has 0 aliphatic rings. The second kappa shape index (κ2) is 7.45. The van der Waals surface area contributed by atoms with Gasteiger partial charge >= 0.3 is 37.9 Å². The fourth-order valence-electron chi connectivity index (χ4n) is 2.27. The molecule has 3 aromatic rings. The van der Waals surface area contributed by atoms with Gasteiger partial charge in [0.15, 0.2) is 0 Å². The van der Waals surface area contributed by atoms with Crippen molar-refractivity contribution in [3.8, 4) is 11.1 Å². The third kappa shape index (κ3) is 3.75. The molecule has 0 nitrogen and oxygen atoms in total. The van der Waals surface area contributed by atoms with Crippen LogP contribution in [0, 0.1) is 12.7 Å². The molecule has 102 valence electrons. The van der Waals surface area contributed by atoms with Gasteiger partial charge in [-0.3, -0.25) is 0 Å². The van der Waals surface area contributed by atoms with Gasteiger partial charge in [0.1, 0.15) is 5.82 Å². The van der Waals surface area contributed by atoms with Gasteiger partial charge in [-0.1, -0.05) is 30.7 Å². The molecule has 0 saturated carbocycles. The van der Waals surface area contributed by atoms with E-state index in [0.717, 1.165) is 11.1 Å².